The SMILES string of the molecule is C#CCCCCNC(=O)CC1CC1. The molecule has 0 saturated heterocycles. The summed E-state index contributed by atoms with van der Waals surface area (Å²) in [6.07, 6.45) is 11.2. The van der Waals surface area contributed by atoms with Crippen LogP contribution in [0.2, 0.25) is 0 Å². The number of hydrogen-bond acceptors (Lipinski definition) is 1. The summed E-state index contributed by atoms with van der Waals surface area (Å²) in [6.45, 7) is 0.785. The zero-order chi connectivity index (χ0) is 9.52. The van der Waals surface area contributed by atoms with Gasteiger partial charge in [0.25, 0.3) is 0 Å². The normalized spacial score (nSPS) is 15.0. The highest BCUT2D eigenvalue weighted by Crippen LogP contribution is 2.31. The van der Waals surface area contributed by atoms with Crippen molar-refractivity contribution in [1.82, 2.24) is 5.32 Å². The van der Waals surface area contributed by atoms with Gasteiger partial charge in [0.15, 0.2) is 0 Å². The van der Waals surface area contributed by atoms with E-state index in [1.165, 1.54) is 12.8 Å². The Kier molecular flexibility index (Phi) is 4.39. The highest BCUT2D eigenvalue weighted by molar-refractivity contribution is 5.76. The van der Waals surface area contributed by atoms with Crippen LogP contribution in [-0.2, 0) is 4.79 Å². The van der Waals surface area contributed by atoms with E-state index in [0.717, 1.165) is 32.2 Å². The van der Waals surface area contributed by atoms with Gasteiger partial charge in [-0.2, -0.15) is 0 Å². The molecule has 1 fully saturated rings. The molecule has 1 amide bonds. The molecule has 1 aliphatic rings. The number of terminal acetylenes is 1. The average Bonchev–Trinajstić information content (AvgIpc) is 2.88. The maximum Gasteiger partial charge on any atom is 0.220 e. The van der Waals surface area contributed by atoms with Crippen LogP contribution < -0.4 is 5.32 Å². The Balaban J connectivity index is 1.86. The number of carbonyl (C=O) groups is 1. The molecule has 13 heavy (non-hydrogen) atoms. The van der Waals surface area contributed by atoms with Crippen LogP contribution in [0.15, 0.2) is 0 Å². The van der Waals surface area contributed by atoms with Gasteiger partial charge in [-0.25, -0.2) is 0 Å². The average molecular weight is 179 g/mol. The number of amides is 1. The molecule has 0 aromatic rings. The van der Waals surface area contributed by atoms with Crippen molar-refractivity contribution in [2.45, 2.75) is 38.5 Å². The highest BCUT2D eigenvalue weighted by atomic mass is 16.1. The Hall–Kier alpha value is -0.970. The summed E-state index contributed by atoms with van der Waals surface area (Å²) in [5.74, 6) is 3.48. The molecule has 0 spiro atoms. The van der Waals surface area contributed by atoms with E-state index in [2.05, 4.69) is 11.2 Å². The zero-order valence-corrected chi connectivity index (χ0v) is 8.01. The third-order valence-corrected chi connectivity index (χ3v) is 2.24. The van der Waals surface area contributed by atoms with Gasteiger partial charge in [0, 0.05) is 19.4 Å². The number of nitrogens with one attached hydrogen (secondary N) is 1. The molecule has 0 atom stereocenters. The van der Waals surface area contributed by atoms with Gasteiger partial charge in [-0.05, 0) is 31.6 Å². The molecule has 1 rings (SSSR count). The van der Waals surface area contributed by atoms with E-state index in [1.807, 2.05) is 0 Å². The second kappa shape index (κ2) is 5.64. The van der Waals surface area contributed by atoms with Crippen LogP contribution in [0, 0.1) is 18.3 Å². The lowest BCUT2D eigenvalue weighted by Gasteiger charge is -2.02. The molecule has 0 aromatic heterocycles. The Morgan fingerprint density at radius 3 is 2.85 bits per heavy atom. The monoisotopic (exact) mass is 179 g/mol. The summed E-state index contributed by atoms with van der Waals surface area (Å²) in [7, 11) is 0. The van der Waals surface area contributed by atoms with Crippen molar-refractivity contribution < 1.29 is 4.79 Å². The molecule has 0 bridgehead atoms. The minimum atomic E-state index is 0.211. The topological polar surface area (TPSA) is 29.1 Å². The Morgan fingerprint density at radius 2 is 2.23 bits per heavy atom. The van der Waals surface area contributed by atoms with E-state index >= 15 is 0 Å². The molecule has 1 saturated carbocycles. The molecular weight excluding hydrogens is 162 g/mol. The first-order valence-corrected chi connectivity index (χ1v) is 5.03. The first-order chi connectivity index (χ1) is 6.33. The van der Waals surface area contributed by atoms with Crippen molar-refractivity contribution >= 4 is 5.91 Å². The lowest BCUT2D eigenvalue weighted by molar-refractivity contribution is -0.121. The standard InChI is InChI=1S/C11H17NO/c1-2-3-4-5-8-12-11(13)9-10-6-7-10/h1,10H,3-9H2,(H,12,13). The second-order valence-corrected chi connectivity index (χ2v) is 3.66. The van der Waals surface area contributed by atoms with Crippen LogP contribution in [0.25, 0.3) is 0 Å². The fourth-order valence-corrected chi connectivity index (χ4v) is 1.24. The van der Waals surface area contributed by atoms with E-state index in [4.69, 9.17) is 6.42 Å². The Bertz CT molecular complexity index is 201. The van der Waals surface area contributed by atoms with E-state index in [9.17, 15) is 4.79 Å². The lowest BCUT2D eigenvalue weighted by Crippen LogP contribution is -2.24. The highest BCUT2D eigenvalue weighted by Gasteiger charge is 2.23. The maximum absolute atomic E-state index is 11.2. The van der Waals surface area contributed by atoms with Gasteiger partial charge in [0.2, 0.25) is 5.91 Å². The third-order valence-electron chi connectivity index (χ3n) is 2.24. The summed E-state index contributed by atoms with van der Waals surface area (Å²) in [4.78, 5) is 11.2. The molecule has 1 aliphatic carbocycles. The van der Waals surface area contributed by atoms with Crippen LogP contribution in [0.5, 0.6) is 0 Å². The van der Waals surface area contributed by atoms with Gasteiger partial charge in [-0.15, -0.1) is 12.3 Å². The van der Waals surface area contributed by atoms with Gasteiger partial charge < -0.3 is 5.32 Å². The molecule has 0 aliphatic heterocycles. The Morgan fingerprint density at radius 1 is 1.46 bits per heavy atom. The van der Waals surface area contributed by atoms with E-state index in [-0.39, 0.29) is 5.91 Å². The predicted molar refractivity (Wildman–Crippen MR) is 53.0 cm³/mol. The van der Waals surface area contributed by atoms with E-state index in [1.54, 1.807) is 0 Å². The smallest absolute Gasteiger partial charge is 0.220 e. The largest absolute Gasteiger partial charge is 0.356 e. The summed E-state index contributed by atoms with van der Waals surface area (Å²) in [5.41, 5.74) is 0. The van der Waals surface area contributed by atoms with Gasteiger partial charge >= 0.3 is 0 Å². The van der Waals surface area contributed by atoms with E-state index in [0.29, 0.717) is 5.92 Å². The van der Waals surface area contributed by atoms with Crippen molar-refractivity contribution in [1.29, 1.82) is 0 Å². The molecule has 0 radical (unpaired) electrons. The summed E-state index contributed by atoms with van der Waals surface area (Å²) >= 11 is 0. The quantitative estimate of drug-likeness (QED) is 0.488. The first-order valence-electron chi connectivity index (χ1n) is 5.03. The third kappa shape index (κ3) is 5.30. The Labute approximate surface area is 80.1 Å². The summed E-state index contributed by atoms with van der Waals surface area (Å²) < 4.78 is 0. The van der Waals surface area contributed by atoms with Crippen molar-refractivity contribution in [2.24, 2.45) is 5.92 Å². The lowest BCUT2D eigenvalue weighted by atomic mass is 10.2. The minimum Gasteiger partial charge on any atom is -0.356 e. The van der Waals surface area contributed by atoms with Crippen LogP contribution in [0.4, 0.5) is 0 Å². The van der Waals surface area contributed by atoms with Gasteiger partial charge in [-0.1, -0.05) is 0 Å². The van der Waals surface area contributed by atoms with Crippen LogP contribution >= 0.6 is 0 Å². The summed E-state index contributed by atoms with van der Waals surface area (Å²) in [6, 6.07) is 0. The van der Waals surface area contributed by atoms with Gasteiger partial charge in [-0.3, -0.25) is 4.79 Å². The molecule has 1 N–H and O–H groups in total. The number of hydrogen-bond donors (Lipinski definition) is 1. The van der Waals surface area contributed by atoms with Crippen molar-refractivity contribution in [3.63, 3.8) is 0 Å². The van der Waals surface area contributed by atoms with Gasteiger partial charge in [0.05, 0.1) is 0 Å². The van der Waals surface area contributed by atoms with Crippen molar-refractivity contribution in [3.05, 3.63) is 0 Å². The molecule has 2 heteroatoms. The molecule has 0 aromatic carbocycles. The molecule has 2 nitrogen and oxygen atoms in total. The number of carbonyl (C=O) groups excluding carboxylic acids is 1. The first kappa shape index (κ1) is 10.1. The fourth-order valence-electron chi connectivity index (χ4n) is 1.24. The van der Waals surface area contributed by atoms with Crippen molar-refractivity contribution in [2.75, 3.05) is 6.54 Å². The zero-order valence-electron chi connectivity index (χ0n) is 8.01. The number of unbranched alkanes of at least 4 members (excludes halogenated alkanes) is 2. The van der Waals surface area contributed by atoms with Crippen LogP contribution in [0.3, 0.4) is 0 Å². The van der Waals surface area contributed by atoms with E-state index < -0.39 is 0 Å². The summed E-state index contributed by atoms with van der Waals surface area (Å²) in [5, 5.41) is 2.91. The number of rotatable bonds is 6. The molecule has 0 heterocycles. The predicted octanol–water partition coefficient (Wildman–Crippen LogP) is 1.71. The minimum absolute atomic E-state index is 0.211. The molecule has 0 unspecified atom stereocenters. The second-order valence-electron chi connectivity index (χ2n) is 3.66. The maximum atomic E-state index is 11.2. The van der Waals surface area contributed by atoms with Crippen LogP contribution in [0.1, 0.15) is 38.5 Å². The molecular formula is C11H17NO. The van der Waals surface area contributed by atoms with Gasteiger partial charge in [0.1, 0.15) is 0 Å². The molecule has 72 valence electrons. The van der Waals surface area contributed by atoms with Crippen LogP contribution in [-0.4, -0.2) is 12.5 Å². The van der Waals surface area contributed by atoms with Crippen molar-refractivity contribution in [3.8, 4) is 12.3 Å². The fraction of sp³-hybridized carbons (Fsp3) is 0.727.